The molecule has 4 N–H and O–H groups in total. The van der Waals surface area contributed by atoms with E-state index in [-0.39, 0.29) is 55.1 Å². The van der Waals surface area contributed by atoms with Crippen LogP contribution in [0.2, 0.25) is 0 Å². The Labute approximate surface area is 187 Å². The number of nitrogens with two attached hydrogens (primary N) is 1. The van der Waals surface area contributed by atoms with E-state index in [1.165, 1.54) is 17.0 Å². The number of hydrogen-bond acceptors (Lipinski definition) is 10. The Morgan fingerprint density at radius 3 is 2.88 bits per heavy atom. The van der Waals surface area contributed by atoms with Gasteiger partial charge in [-0.05, 0) is 0 Å². The highest BCUT2D eigenvalue weighted by Crippen LogP contribution is 2.30. The van der Waals surface area contributed by atoms with Crippen LogP contribution in [0.1, 0.15) is 31.1 Å². The van der Waals surface area contributed by atoms with Crippen LogP contribution in [0.4, 0.5) is 11.6 Å². The van der Waals surface area contributed by atoms with Gasteiger partial charge < -0.3 is 25.4 Å². The fourth-order valence-electron chi connectivity index (χ4n) is 3.88. The SMILES string of the molecule is CC(COCn1c(N)nc2c(ncn2[C@H]2CC(O)[C@@H](CO)O2)c1=O)c1ccccc1[N+](=O)[O-]. The third-order valence-electron chi connectivity index (χ3n) is 5.66. The van der Waals surface area contributed by atoms with Gasteiger partial charge in [0.2, 0.25) is 5.95 Å². The first kappa shape index (κ1) is 22.8. The molecule has 1 aliphatic rings. The number of benzene rings is 1. The molecular formula is C20H24N6O7. The van der Waals surface area contributed by atoms with Crippen molar-refractivity contribution in [3.8, 4) is 0 Å². The first-order valence-electron chi connectivity index (χ1n) is 10.3. The molecule has 0 bridgehead atoms. The molecule has 0 aliphatic carbocycles. The molecule has 1 saturated heterocycles. The number of aliphatic hydroxyl groups excluding tert-OH is 2. The van der Waals surface area contributed by atoms with Crippen molar-refractivity contribution in [1.29, 1.82) is 0 Å². The third kappa shape index (κ3) is 4.30. The van der Waals surface area contributed by atoms with Gasteiger partial charge in [0.05, 0.1) is 30.6 Å². The molecule has 13 heteroatoms. The number of nitro benzene ring substituents is 1. The van der Waals surface area contributed by atoms with Crippen molar-refractivity contribution < 1.29 is 24.6 Å². The summed E-state index contributed by atoms with van der Waals surface area (Å²) in [6.45, 7) is 1.35. The second kappa shape index (κ2) is 9.23. The normalized spacial score (nSPS) is 21.5. The Hall–Kier alpha value is -3.39. The molecule has 1 aliphatic heterocycles. The molecule has 0 saturated carbocycles. The van der Waals surface area contributed by atoms with E-state index in [9.17, 15) is 25.1 Å². The van der Waals surface area contributed by atoms with Crippen molar-refractivity contribution in [3.05, 3.63) is 56.6 Å². The summed E-state index contributed by atoms with van der Waals surface area (Å²) < 4.78 is 13.8. The highest BCUT2D eigenvalue weighted by atomic mass is 16.6. The average molecular weight is 460 g/mol. The standard InChI is InChI=1S/C20H24N6O7/c1-11(12-4-2-3-5-13(12)26(30)31)8-32-10-25-19(29)17-18(23-20(25)21)24(9-22-17)16-6-14(28)15(7-27)33-16/h2-5,9,11,14-16,27-28H,6-8,10H2,1H3,(H2,21,23)/t11?,14?,15-,16-/m1/s1. The molecule has 3 aromatic rings. The molecule has 1 aromatic carbocycles. The number of hydrogen-bond donors (Lipinski definition) is 3. The summed E-state index contributed by atoms with van der Waals surface area (Å²) in [6.07, 6.45) is -0.666. The lowest BCUT2D eigenvalue weighted by atomic mass is 10.0. The topological polar surface area (TPSA) is 181 Å². The van der Waals surface area contributed by atoms with Gasteiger partial charge in [0.25, 0.3) is 11.2 Å². The second-order valence-corrected chi connectivity index (χ2v) is 7.86. The molecule has 2 aromatic heterocycles. The van der Waals surface area contributed by atoms with Gasteiger partial charge in [-0.2, -0.15) is 4.98 Å². The molecule has 13 nitrogen and oxygen atoms in total. The summed E-state index contributed by atoms with van der Waals surface area (Å²) in [5, 5.41) is 30.5. The number of anilines is 1. The van der Waals surface area contributed by atoms with Gasteiger partial charge in [-0.1, -0.05) is 25.1 Å². The van der Waals surface area contributed by atoms with Crippen molar-refractivity contribution in [2.24, 2.45) is 0 Å². The number of ether oxygens (including phenoxy) is 2. The van der Waals surface area contributed by atoms with Crippen molar-refractivity contribution in [2.45, 2.75) is 44.4 Å². The first-order chi connectivity index (χ1) is 15.8. The number of rotatable bonds is 8. The van der Waals surface area contributed by atoms with Crippen LogP contribution in [0.15, 0.2) is 35.4 Å². The Bertz CT molecular complexity index is 1230. The van der Waals surface area contributed by atoms with E-state index in [2.05, 4.69) is 9.97 Å². The van der Waals surface area contributed by atoms with Crippen LogP contribution in [0.5, 0.6) is 0 Å². The monoisotopic (exact) mass is 460 g/mol. The number of para-hydroxylation sites is 1. The average Bonchev–Trinajstić information content (AvgIpc) is 3.38. The van der Waals surface area contributed by atoms with Crippen LogP contribution in [0, 0.1) is 10.1 Å². The summed E-state index contributed by atoms with van der Waals surface area (Å²) >= 11 is 0. The van der Waals surface area contributed by atoms with Crippen molar-refractivity contribution in [1.82, 2.24) is 19.1 Å². The van der Waals surface area contributed by atoms with E-state index in [0.717, 1.165) is 4.57 Å². The zero-order valence-corrected chi connectivity index (χ0v) is 17.8. The number of nitro groups is 1. The molecule has 4 atom stereocenters. The number of nitrogens with zero attached hydrogens (tertiary/aromatic N) is 5. The van der Waals surface area contributed by atoms with Gasteiger partial charge in [0.1, 0.15) is 19.1 Å². The molecular weight excluding hydrogens is 436 g/mol. The van der Waals surface area contributed by atoms with E-state index in [1.54, 1.807) is 25.1 Å². The maximum absolute atomic E-state index is 12.9. The van der Waals surface area contributed by atoms with Crippen molar-refractivity contribution in [2.75, 3.05) is 18.9 Å². The maximum Gasteiger partial charge on any atom is 0.285 e. The second-order valence-electron chi connectivity index (χ2n) is 7.86. The molecule has 0 spiro atoms. The predicted molar refractivity (Wildman–Crippen MR) is 115 cm³/mol. The molecule has 0 amide bonds. The largest absolute Gasteiger partial charge is 0.394 e. The number of fused-ring (bicyclic) bond motifs is 1. The fourth-order valence-corrected chi connectivity index (χ4v) is 3.88. The molecule has 0 radical (unpaired) electrons. The van der Waals surface area contributed by atoms with Crippen LogP contribution < -0.4 is 11.3 Å². The highest BCUT2D eigenvalue weighted by Gasteiger charge is 2.35. The van der Waals surface area contributed by atoms with Gasteiger partial charge in [-0.15, -0.1) is 0 Å². The maximum atomic E-state index is 12.9. The third-order valence-corrected chi connectivity index (χ3v) is 5.66. The summed E-state index contributed by atoms with van der Waals surface area (Å²) in [4.78, 5) is 32.1. The summed E-state index contributed by atoms with van der Waals surface area (Å²) in [6, 6.07) is 6.40. The fraction of sp³-hybridized carbons (Fsp3) is 0.450. The summed E-state index contributed by atoms with van der Waals surface area (Å²) in [5.41, 5.74) is 6.24. The minimum absolute atomic E-state index is 0.00148. The molecule has 1 fully saturated rings. The Morgan fingerprint density at radius 2 is 2.18 bits per heavy atom. The minimum atomic E-state index is -0.856. The molecule has 176 valence electrons. The van der Waals surface area contributed by atoms with Gasteiger partial charge >= 0.3 is 0 Å². The Morgan fingerprint density at radius 1 is 1.42 bits per heavy atom. The number of aliphatic hydroxyl groups is 2. The highest BCUT2D eigenvalue weighted by molar-refractivity contribution is 5.71. The molecule has 33 heavy (non-hydrogen) atoms. The van der Waals surface area contributed by atoms with E-state index in [4.69, 9.17) is 15.2 Å². The van der Waals surface area contributed by atoms with Crippen molar-refractivity contribution in [3.63, 3.8) is 0 Å². The summed E-state index contributed by atoms with van der Waals surface area (Å²) in [7, 11) is 0. The molecule has 4 rings (SSSR count). The lowest BCUT2D eigenvalue weighted by molar-refractivity contribution is -0.385. The lowest BCUT2D eigenvalue weighted by Gasteiger charge is -2.15. The zero-order valence-electron chi connectivity index (χ0n) is 17.8. The van der Waals surface area contributed by atoms with E-state index in [0.29, 0.717) is 5.56 Å². The predicted octanol–water partition coefficient (Wildman–Crippen LogP) is 0.502. The van der Waals surface area contributed by atoms with Crippen LogP contribution in [-0.4, -0.2) is 59.7 Å². The van der Waals surface area contributed by atoms with Crippen molar-refractivity contribution >= 4 is 22.8 Å². The van der Waals surface area contributed by atoms with Gasteiger partial charge in [0, 0.05) is 24.0 Å². The zero-order chi connectivity index (χ0) is 23.7. The minimum Gasteiger partial charge on any atom is -0.394 e. The first-order valence-corrected chi connectivity index (χ1v) is 10.3. The van der Waals surface area contributed by atoms with Gasteiger partial charge in [-0.25, -0.2) is 4.98 Å². The Kier molecular flexibility index (Phi) is 6.37. The van der Waals surface area contributed by atoms with Gasteiger partial charge in [-0.3, -0.25) is 24.0 Å². The summed E-state index contributed by atoms with van der Waals surface area (Å²) in [5.74, 6) is -0.408. The van der Waals surface area contributed by atoms with E-state index in [1.807, 2.05) is 0 Å². The molecule has 2 unspecified atom stereocenters. The van der Waals surface area contributed by atoms with Crippen LogP contribution in [0.25, 0.3) is 11.2 Å². The number of nitrogen functional groups attached to an aromatic ring is 1. The smallest absolute Gasteiger partial charge is 0.285 e. The van der Waals surface area contributed by atoms with E-state index < -0.39 is 28.9 Å². The van der Waals surface area contributed by atoms with Crippen LogP contribution in [0.3, 0.4) is 0 Å². The number of aromatic nitrogens is 4. The number of imidazole rings is 1. The Balaban J connectivity index is 1.51. The lowest BCUT2D eigenvalue weighted by Crippen LogP contribution is -2.27. The quantitative estimate of drug-likeness (QED) is 0.316. The van der Waals surface area contributed by atoms with Crippen LogP contribution >= 0.6 is 0 Å². The van der Waals surface area contributed by atoms with E-state index >= 15 is 0 Å². The molecule has 3 heterocycles. The van der Waals surface area contributed by atoms with Crippen LogP contribution in [-0.2, 0) is 16.2 Å². The van der Waals surface area contributed by atoms with Gasteiger partial charge in [0.15, 0.2) is 11.2 Å².